The largest absolute Gasteiger partial charge is 0.397 e. The SMILES string of the molecule is Nc1cccc(NC2=NN(c3c(Cl)c(Cl)c(Cl)c(Cl)c3Cl)C(=O)C2)c1Cl. The molecule has 2 aromatic rings. The van der Waals surface area contributed by atoms with Crippen molar-refractivity contribution in [2.45, 2.75) is 6.42 Å². The minimum Gasteiger partial charge on any atom is -0.397 e. The average molecular weight is 473 g/mol. The zero-order chi connectivity index (χ0) is 19.2. The molecule has 0 saturated carbocycles. The standard InChI is InChI=1S/C15H8Cl6N4O/c16-9-5(22)2-1-3-6(9)23-7-4-8(26)25(24-7)15-13(20)11(18)10(17)12(19)14(15)21/h1-3H,4,22H2,(H,23,24). The zero-order valence-corrected chi connectivity index (χ0v) is 17.1. The lowest BCUT2D eigenvalue weighted by molar-refractivity contribution is -0.116. The van der Waals surface area contributed by atoms with Crippen LogP contribution in [0.25, 0.3) is 0 Å². The van der Waals surface area contributed by atoms with Crippen molar-refractivity contribution >= 4 is 98.4 Å². The number of hydrazone groups is 1. The normalized spacial score (nSPS) is 14.0. The van der Waals surface area contributed by atoms with Crippen LogP contribution in [0.2, 0.25) is 30.1 Å². The monoisotopic (exact) mass is 470 g/mol. The molecule has 0 unspecified atom stereocenters. The topological polar surface area (TPSA) is 70.7 Å². The van der Waals surface area contributed by atoms with Crippen LogP contribution in [0.4, 0.5) is 17.1 Å². The molecular formula is C15H8Cl6N4O. The molecule has 5 nitrogen and oxygen atoms in total. The Balaban J connectivity index is 2.01. The number of benzene rings is 2. The molecule has 0 aromatic heterocycles. The van der Waals surface area contributed by atoms with Gasteiger partial charge in [-0.1, -0.05) is 75.7 Å². The number of carbonyl (C=O) groups excluding carboxylic acids is 1. The molecule has 0 radical (unpaired) electrons. The van der Waals surface area contributed by atoms with Gasteiger partial charge in [-0.2, -0.15) is 10.1 Å². The number of nitrogen functional groups attached to an aromatic ring is 1. The predicted molar refractivity (Wildman–Crippen MR) is 111 cm³/mol. The Bertz CT molecular complexity index is 933. The van der Waals surface area contributed by atoms with Gasteiger partial charge in [-0.25, -0.2) is 0 Å². The number of nitrogens with one attached hydrogen (secondary N) is 1. The highest BCUT2D eigenvalue weighted by atomic mass is 35.5. The van der Waals surface area contributed by atoms with Gasteiger partial charge < -0.3 is 11.1 Å². The van der Waals surface area contributed by atoms with Gasteiger partial charge in [-0.3, -0.25) is 4.79 Å². The summed E-state index contributed by atoms with van der Waals surface area (Å²) in [5.41, 5.74) is 6.70. The maximum atomic E-state index is 12.4. The van der Waals surface area contributed by atoms with Crippen molar-refractivity contribution in [3.8, 4) is 0 Å². The summed E-state index contributed by atoms with van der Waals surface area (Å²) in [6.07, 6.45) is -0.0460. The molecule has 0 aliphatic carbocycles. The average Bonchev–Trinajstić information content (AvgIpc) is 2.96. The fourth-order valence-electron chi connectivity index (χ4n) is 2.25. The Labute approximate surface area is 178 Å². The summed E-state index contributed by atoms with van der Waals surface area (Å²) in [7, 11) is 0. The summed E-state index contributed by atoms with van der Waals surface area (Å²) in [4.78, 5) is 12.4. The minimum atomic E-state index is -0.397. The van der Waals surface area contributed by atoms with Crippen LogP contribution in [0, 0.1) is 0 Å². The molecule has 3 N–H and O–H groups in total. The van der Waals surface area contributed by atoms with Crippen molar-refractivity contribution in [2.75, 3.05) is 16.1 Å². The summed E-state index contributed by atoms with van der Waals surface area (Å²) in [5, 5.41) is 8.35. The van der Waals surface area contributed by atoms with Crippen LogP contribution in [0.5, 0.6) is 0 Å². The lowest BCUT2D eigenvalue weighted by Gasteiger charge is -2.18. The highest BCUT2D eigenvalue weighted by Gasteiger charge is 2.32. The van der Waals surface area contributed by atoms with Crippen molar-refractivity contribution in [2.24, 2.45) is 5.10 Å². The molecule has 11 heteroatoms. The molecule has 136 valence electrons. The van der Waals surface area contributed by atoms with Crippen molar-refractivity contribution in [3.05, 3.63) is 48.3 Å². The van der Waals surface area contributed by atoms with Crippen LogP contribution in [-0.2, 0) is 4.79 Å². The summed E-state index contributed by atoms with van der Waals surface area (Å²) < 4.78 is 0. The number of hydrogen-bond acceptors (Lipinski definition) is 4. The Kier molecular flexibility index (Phi) is 5.68. The van der Waals surface area contributed by atoms with Crippen molar-refractivity contribution in [1.29, 1.82) is 0 Å². The van der Waals surface area contributed by atoms with Crippen LogP contribution in [-0.4, -0.2) is 11.7 Å². The maximum absolute atomic E-state index is 12.4. The van der Waals surface area contributed by atoms with E-state index in [0.717, 1.165) is 5.01 Å². The first-order chi connectivity index (χ1) is 12.2. The van der Waals surface area contributed by atoms with E-state index in [2.05, 4.69) is 10.4 Å². The fourth-order valence-corrected chi connectivity index (χ4v) is 3.72. The molecular weight excluding hydrogens is 465 g/mol. The second-order valence-corrected chi connectivity index (χ2v) is 7.45. The summed E-state index contributed by atoms with van der Waals surface area (Å²) in [6, 6.07) is 5.06. The molecule has 26 heavy (non-hydrogen) atoms. The van der Waals surface area contributed by atoms with Crippen LogP contribution in [0.1, 0.15) is 6.42 Å². The van der Waals surface area contributed by atoms with Crippen LogP contribution < -0.4 is 16.1 Å². The molecule has 0 bridgehead atoms. The highest BCUT2D eigenvalue weighted by molar-refractivity contribution is 6.57. The van der Waals surface area contributed by atoms with E-state index in [1.807, 2.05) is 0 Å². The minimum absolute atomic E-state index is 0.00685. The van der Waals surface area contributed by atoms with Crippen LogP contribution in [0.15, 0.2) is 23.3 Å². The first-order valence-corrected chi connectivity index (χ1v) is 9.22. The van der Waals surface area contributed by atoms with E-state index in [9.17, 15) is 4.79 Å². The van der Waals surface area contributed by atoms with E-state index < -0.39 is 5.91 Å². The molecule has 3 rings (SSSR count). The molecule has 0 atom stereocenters. The van der Waals surface area contributed by atoms with E-state index in [-0.39, 0.29) is 37.2 Å². The van der Waals surface area contributed by atoms with Gasteiger partial charge in [-0.05, 0) is 12.1 Å². The van der Waals surface area contributed by atoms with E-state index >= 15 is 0 Å². The first-order valence-electron chi connectivity index (χ1n) is 6.95. The van der Waals surface area contributed by atoms with Gasteiger partial charge in [0.05, 0.1) is 47.9 Å². The van der Waals surface area contributed by atoms with Gasteiger partial charge >= 0.3 is 0 Å². The number of carbonyl (C=O) groups is 1. The second-order valence-electron chi connectivity index (χ2n) is 5.18. The van der Waals surface area contributed by atoms with Gasteiger partial charge in [0, 0.05) is 0 Å². The van der Waals surface area contributed by atoms with Crippen molar-refractivity contribution in [3.63, 3.8) is 0 Å². The number of rotatable bonds is 2. The molecule has 1 amide bonds. The third-order valence-corrected chi connectivity index (χ3v) is 6.16. The lowest BCUT2D eigenvalue weighted by Crippen LogP contribution is -2.20. The van der Waals surface area contributed by atoms with Crippen molar-refractivity contribution in [1.82, 2.24) is 0 Å². The quantitative estimate of drug-likeness (QED) is 0.304. The Morgan fingerprint density at radius 2 is 1.50 bits per heavy atom. The van der Waals surface area contributed by atoms with Gasteiger partial charge in [-0.15, -0.1) is 0 Å². The van der Waals surface area contributed by atoms with Gasteiger partial charge in [0.2, 0.25) is 0 Å². The summed E-state index contributed by atoms with van der Waals surface area (Å²) >= 11 is 36.6. The summed E-state index contributed by atoms with van der Waals surface area (Å²) in [5.74, 6) is -0.0809. The van der Waals surface area contributed by atoms with E-state index in [1.54, 1.807) is 18.2 Å². The lowest BCUT2D eigenvalue weighted by atomic mass is 10.2. The first kappa shape index (κ1) is 19.7. The highest BCUT2D eigenvalue weighted by Crippen LogP contribution is 2.49. The Morgan fingerprint density at radius 3 is 2.12 bits per heavy atom. The number of anilines is 3. The number of hydrogen-bond donors (Lipinski definition) is 2. The van der Waals surface area contributed by atoms with Gasteiger partial charge in [0.25, 0.3) is 5.91 Å². The molecule has 0 saturated heterocycles. The van der Waals surface area contributed by atoms with Crippen molar-refractivity contribution < 1.29 is 4.79 Å². The second kappa shape index (κ2) is 7.50. The van der Waals surface area contributed by atoms with Gasteiger partial charge in [0.1, 0.15) is 11.5 Å². The third-order valence-electron chi connectivity index (χ3n) is 3.48. The molecule has 1 aliphatic heterocycles. The van der Waals surface area contributed by atoms with Crippen LogP contribution >= 0.6 is 69.6 Å². The van der Waals surface area contributed by atoms with E-state index in [4.69, 9.17) is 75.3 Å². The zero-order valence-electron chi connectivity index (χ0n) is 12.6. The number of amidine groups is 1. The van der Waals surface area contributed by atoms with E-state index in [1.165, 1.54) is 0 Å². The summed E-state index contributed by atoms with van der Waals surface area (Å²) in [6.45, 7) is 0. The molecule has 1 aliphatic rings. The maximum Gasteiger partial charge on any atom is 0.255 e. The molecule has 0 spiro atoms. The Morgan fingerprint density at radius 1 is 0.923 bits per heavy atom. The molecule has 1 heterocycles. The number of nitrogens with zero attached hydrogens (tertiary/aromatic N) is 2. The number of amides is 1. The van der Waals surface area contributed by atoms with E-state index in [0.29, 0.717) is 22.2 Å². The third kappa shape index (κ3) is 3.40. The Hall–Kier alpha value is -1.08. The van der Waals surface area contributed by atoms with Crippen LogP contribution in [0.3, 0.4) is 0 Å². The fraction of sp³-hybridized carbons (Fsp3) is 0.0667. The smallest absolute Gasteiger partial charge is 0.255 e. The predicted octanol–water partition coefficient (Wildman–Crippen LogP) is 6.35. The number of nitrogens with two attached hydrogens (primary N) is 1. The number of halogens is 6. The van der Waals surface area contributed by atoms with Gasteiger partial charge in [0.15, 0.2) is 0 Å². The molecule has 2 aromatic carbocycles. The molecule has 0 fully saturated rings.